The fourth-order valence-electron chi connectivity index (χ4n) is 2.69. The van der Waals surface area contributed by atoms with Crippen LogP contribution in [0.4, 0.5) is 0 Å². The van der Waals surface area contributed by atoms with Gasteiger partial charge in [-0.2, -0.15) is 0 Å². The highest BCUT2D eigenvalue weighted by Crippen LogP contribution is 2.04. The third-order valence-electron chi connectivity index (χ3n) is 4.32. The molecule has 1 N–H and O–H groups in total. The van der Waals surface area contributed by atoms with Crippen molar-refractivity contribution in [2.75, 3.05) is 72.5 Å². The molecule has 0 aliphatic carbocycles. The van der Waals surface area contributed by atoms with E-state index >= 15 is 0 Å². The molecule has 0 saturated carbocycles. The van der Waals surface area contributed by atoms with Gasteiger partial charge in [0.1, 0.15) is 0 Å². The summed E-state index contributed by atoms with van der Waals surface area (Å²) in [5.74, 6) is 0. The number of rotatable bonds is 10. The molecule has 1 saturated heterocycles. The number of hydrogen-bond acceptors (Lipinski definition) is 5. The second-order valence-corrected chi connectivity index (χ2v) is 6.85. The maximum absolute atomic E-state index is 4.43. The zero-order valence-corrected chi connectivity index (χ0v) is 15.4. The van der Waals surface area contributed by atoms with Crippen molar-refractivity contribution in [1.82, 2.24) is 20.0 Å². The molecule has 1 rings (SSSR count). The molecule has 0 unspecified atom stereocenters. The van der Waals surface area contributed by atoms with Crippen LogP contribution in [0.3, 0.4) is 0 Å². The van der Waals surface area contributed by atoms with Crippen molar-refractivity contribution in [3.05, 3.63) is 0 Å². The van der Waals surface area contributed by atoms with E-state index in [4.69, 9.17) is 0 Å². The number of likely N-dealkylation sites (N-methyl/N-ethyl adjacent to an activating group) is 1. The van der Waals surface area contributed by atoms with Crippen LogP contribution in [0.5, 0.6) is 0 Å². The van der Waals surface area contributed by atoms with Gasteiger partial charge in [0.2, 0.25) is 0 Å². The van der Waals surface area contributed by atoms with E-state index in [1.54, 1.807) is 0 Å². The standard InChI is InChI=1S/C17H37N5/c1-16(2)19-8-10-20(5)9-6-18-7-11-21-12-14-22(15-13-21)17(3)4/h17-18H,6-15H2,1-5H3. The van der Waals surface area contributed by atoms with Crippen LogP contribution < -0.4 is 5.32 Å². The Hall–Kier alpha value is -0.490. The summed E-state index contributed by atoms with van der Waals surface area (Å²) < 4.78 is 0. The maximum atomic E-state index is 4.43. The van der Waals surface area contributed by atoms with E-state index in [0.29, 0.717) is 6.04 Å². The summed E-state index contributed by atoms with van der Waals surface area (Å²) >= 11 is 0. The molecule has 0 radical (unpaired) electrons. The second kappa shape index (κ2) is 11.1. The second-order valence-electron chi connectivity index (χ2n) is 6.85. The lowest BCUT2D eigenvalue weighted by Gasteiger charge is -2.36. The molecule has 0 aromatic heterocycles. The molecule has 0 aromatic rings. The summed E-state index contributed by atoms with van der Waals surface area (Å²) in [6.07, 6.45) is 0. The summed E-state index contributed by atoms with van der Waals surface area (Å²) in [5, 5.41) is 3.56. The van der Waals surface area contributed by atoms with E-state index in [1.165, 1.54) is 38.4 Å². The van der Waals surface area contributed by atoms with E-state index in [2.05, 4.69) is 59.8 Å². The van der Waals surface area contributed by atoms with Crippen LogP contribution in [-0.4, -0.2) is 98.9 Å². The normalized spacial score (nSPS) is 17.4. The average molecular weight is 312 g/mol. The molecule has 0 amide bonds. The predicted molar refractivity (Wildman–Crippen MR) is 97.2 cm³/mol. The fraction of sp³-hybridized carbons (Fsp3) is 0.941. The van der Waals surface area contributed by atoms with Gasteiger partial charge in [-0.1, -0.05) is 0 Å². The van der Waals surface area contributed by atoms with Gasteiger partial charge in [0.15, 0.2) is 0 Å². The smallest absolute Gasteiger partial charge is 0.0515 e. The molecule has 0 aromatic carbocycles. The highest BCUT2D eigenvalue weighted by Gasteiger charge is 2.17. The minimum atomic E-state index is 0.691. The van der Waals surface area contributed by atoms with Gasteiger partial charge in [-0.3, -0.25) is 14.8 Å². The lowest BCUT2D eigenvalue weighted by atomic mass is 10.2. The zero-order valence-electron chi connectivity index (χ0n) is 15.4. The zero-order chi connectivity index (χ0) is 16.4. The Morgan fingerprint density at radius 3 is 2.36 bits per heavy atom. The van der Waals surface area contributed by atoms with Gasteiger partial charge in [0.05, 0.1) is 6.54 Å². The van der Waals surface area contributed by atoms with Crippen LogP contribution in [-0.2, 0) is 0 Å². The maximum Gasteiger partial charge on any atom is 0.0515 e. The molecule has 0 bridgehead atoms. The van der Waals surface area contributed by atoms with E-state index in [1.807, 2.05) is 0 Å². The molecule has 0 atom stereocenters. The highest BCUT2D eigenvalue weighted by molar-refractivity contribution is 5.79. The van der Waals surface area contributed by atoms with Gasteiger partial charge in [-0.25, -0.2) is 0 Å². The Labute approximate surface area is 137 Å². The van der Waals surface area contributed by atoms with E-state index < -0.39 is 0 Å². The van der Waals surface area contributed by atoms with E-state index in [0.717, 1.165) is 32.7 Å². The Balaban J connectivity index is 1.96. The van der Waals surface area contributed by atoms with Gasteiger partial charge in [0.25, 0.3) is 0 Å². The summed E-state index contributed by atoms with van der Waals surface area (Å²) in [4.78, 5) is 11.9. The van der Waals surface area contributed by atoms with Crippen LogP contribution in [0.15, 0.2) is 4.99 Å². The molecule has 22 heavy (non-hydrogen) atoms. The number of nitrogens with one attached hydrogen (secondary N) is 1. The van der Waals surface area contributed by atoms with Gasteiger partial charge >= 0.3 is 0 Å². The van der Waals surface area contributed by atoms with Crippen molar-refractivity contribution in [2.45, 2.75) is 33.7 Å². The number of aliphatic imine (C=N–C) groups is 1. The predicted octanol–water partition coefficient (Wildman–Crippen LogP) is 1.01. The molecule has 1 aliphatic rings. The first-order valence-corrected chi connectivity index (χ1v) is 8.82. The van der Waals surface area contributed by atoms with E-state index in [9.17, 15) is 0 Å². The van der Waals surface area contributed by atoms with Crippen molar-refractivity contribution < 1.29 is 0 Å². The molecular formula is C17H37N5. The molecule has 0 spiro atoms. The number of nitrogens with zero attached hydrogens (tertiary/aromatic N) is 4. The Kier molecular flexibility index (Phi) is 9.87. The third-order valence-corrected chi connectivity index (χ3v) is 4.32. The largest absolute Gasteiger partial charge is 0.314 e. The van der Waals surface area contributed by atoms with Crippen LogP contribution in [0.1, 0.15) is 27.7 Å². The van der Waals surface area contributed by atoms with E-state index in [-0.39, 0.29) is 0 Å². The summed E-state index contributed by atoms with van der Waals surface area (Å²) in [6.45, 7) is 20.0. The van der Waals surface area contributed by atoms with Gasteiger partial charge < -0.3 is 10.2 Å². The quantitative estimate of drug-likeness (QED) is 0.482. The first kappa shape index (κ1) is 19.6. The highest BCUT2D eigenvalue weighted by atomic mass is 15.3. The Morgan fingerprint density at radius 2 is 1.77 bits per heavy atom. The van der Waals surface area contributed by atoms with Crippen LogP contribution in [0, 0.1) is 0 Å². The van der Waals surface area contributed by atoms with Crippen LogP contribution >= 0.6 is 0 Å². The SMILES string of the molecule is CC(C)=NCCN(C)CCNCCN1CCN(C(C)C)CC1. The molecule has 5 nitrogen and oxygen atoms in total. The Morgan fingerprint density at radius 1 is 1.09 bits per heavy atom. The molecule has 5 heteroatoms. The summed E-state index contributed by atoms with van der Waals surface area (Å²) in [7, 11) is 2.17. The molecule has 1 fully saturated rings. The lowest BCUT2D eigenvalue weighted by Crippen LogP contribution is -2.50. The van der Waals surface area contributed by atoms with Gasteiger partial charge in [-0.15, -0.1) is 0 Å². The third kappa shape index (κ3) is 8.83. The van der Waals surface area contributed by atoms with Crippen LogP contribution in [0.2, 0.25) is 0 Å². The molecule has 130 valence electrons. The first-order valence-electron chi connectivity index (χ1n) is 8.82. The summed E-state index contributed by atoms with van der Waals surface area (Å²) in [5.41, 5.74) is 1.17. The number of piperazine rings is 1. The number of hydrogen-bond donors (Lipinski definition) is 1. The van der Waals surface area contributed by atoms with Crippen LogP contribution in [0.25, 0.3) is 0 Å². The van der Waals surface area contributed by atoms with Crippen molar-refractivity contribution in [1.29, 1.82) is 0 Å². The minimum Gasteiger partial charge on any atom is -0.314 e. The fourth-order valence-corrected chi connectivity index (χ4v) is 2.69. The van der Waals surface area contributed by atoms with Crippen molar-refractivity contribution in [2.24, 2.45) is 4.99 Å². The Bertz CT molecular complexity index is 304. The van der Waals surface area contributed by atoms with Gasteiger partial charge in [0, 0.05) is 70.7 Å². The molecule has 1 aliphatic heterocycles. The van der Waals surface area contributed by atoms with Crippen molar-refractivity contribution in [3.8, 4) is 0 Å². The first-order chi connectivity index (χ1) is 10.5. The average Bonchev–Trinajstić information content (AvgIpc) is 2.47. The molecular weight excluding hydrogens is 274 g/mol. The topological polar surface area (TPSA) is 34.1 Å². The monoisotopic (exact) mass is 311 g/mol. The van der Waals surface area contributed by atoms with Gasteiger partial charge in [-0.05, 0) is 34.7 Å². The van der Waals surface area contributed by atoms with Crippen molar-refractivity contribution in [3.63, 3.8) is 0 Å². The molecule has 1 heterocycles. The summed E-state index contributed by atoms with van der Waals surface area (Å²) in [6, 6.07) is 0.691. The lowest BCUT2D eigenvalue weighted by molar-refractivity contribution is 0.109. The van der Waals surface area contributed by atoms with Crippen molar-refractivity contribution >= 4 is 5.71 Å². The minimum absolute atomic E-state index is 0.691.